The molecule has 1 amide bonds. The molecule has 6 heteroatoms. The third-order valence-corrected chi connectivity index (χ3v) is 4.21. The van der Waals surface area contributed by atoms with Gasteiger partial charge in [-0.2, -0.15) is 0 Å². The van der Waals surface area contributed by atoms with Crippen LogP contribution in [-0.2, 0) is 14.6 Å². The topological polar surface area (TPSA) is 74.7 Å². The molecular formula is C11H21NO4S. The molecule has 5 nitrogen and oxygen atoms in total. The summed E-state index contributed by atoms with van der Waals surface area (Å²) in [5, 5.41) is 9.43. The molecule has 0 aliphatic carbocycles. The van der Waals surface area contributed by atoms with Gasteiger partial charge in [-0.25, -0.2) is 8.42 Å². The maximum atomic E-state index is 11.7. The summed E-state index contributed by atoms with van der Waals surface area (Å²) in [6.45, 7) is 3.02. The molecule has 0 aromatic rings. The van der Waals surface area contributed by atoms with Crippen LogP contribution in [0.4, 0.5) is 0 Å². The second-order valence-corrected chi connectivity index (χ2v) is 7.10. The van der Waals surface area contributed by atoms with E-state index in [1.54, 1.807) is 11.8 Å². The summed E-state index contributed by atoms with van der Waals surface area (Å²) in [7, 11) is -3.07. The highest BCUT2D eigenvalue weighted by atomic mass is 32.2. The van der Waals surface area contributed by atoms with E-state index in [-0.39, 0.29) is 30.1 Å². The second-order valence-electron chi connectivity index (χ2n) is 4.84. The molecule has 0 aromatic carbocycles. The van der Waals surface area contributed by atoms with Crippen molar-refractivity contribution in [2.24, 2.45) is 5.92 Å². The van der Waals surface area contributed by atoms with Gasteiger partial charge in [0.25, 0.3) is 0 Å². The minimum absolute atomic E-state index is 0.0676. The molecule has 1 heterocycles. The van der Waals surface area contributed by atoms with Crippen LogP contribution in [0.15, 0.2) is 0 Å². The first-order chi connectivity index (χ1) is 7.79. The van der Waals surface area contributed by atoms with E-state index in [0.29, 0.717) is 13.1 Å². The molecule has 0 radical (unpaired) electrons. The first-order valence-corrected chi connectivity index (χ1v) is 7.99. The average molecular weight is 263 g/mol. The van der Waals surface area contributed by atoms with Gasteiger partial charge >= 0.3 is 0 Å². The Hall–Kier alpha value is -0.620. The van der Waals surface area contributed by atoms with Crippen LogP contribution >= 0.6 is 0 Å². The van der Waals surface area contributed by atoms with Crippen molar-refractivity contribution >= 4 is 15.7 Å². The second kappa shape index (κ2) is 5.82. The van der Waals surface area contributed by atoms with Gasteiger partial charge in [0.1, 0.15) is 9.84 Å². The fourth-order valence-electron chi connectivity index (χ4n) is 2.06. The highest BCUT2D eigenvalue weighted by Gasteiger charge is 2.25. The predicted octanol–water partition coefficient (Wildman–Crippen LogP) is 0.0405. The fraction of sp³-hybridized carbons (Fsp3) is 0.909. The van der Waals surface area contributed by atoms with Crippen molar-refractivity contribution in [1.82, 2.24) is 4.90 Å². The van der Waals surface area contributed by atoms with E-state index in [0.717, 1.165) is 19.1 Å². The zero-order chi connectivity index (χ0) is 13.1. The summed E-state index contributed by atoms with van der Waals surface area (Å²) in [5.74, 6) is 0.0794. The first-order valence-electron chi connectivity index (χ1n) is 5.93. The molecule has 1 unspecified atom stereocenters. The SMILES string of the molecule is CC(O)C1CCN(C(=O)CCS(C)(=O)=O)CC1. The van der Waals surface area contributed by atoms with E-state index in [1.807, 2.05) is 0 Å². The number of carbonyl (C=O) groups excluding carboxylic acids is 1. The molecular weight excluding hydrogens is 242 g/mol. The molecule has 0 bridgehead atoms. The lowest BCUT2D eigenvalue weighted by Crippen LogP contribution is -2.41. The Kier molecular flexibility index (Phi) is 4.94. The van der Waals surface area contributed by atoms with Gasteiger partial charge in [0.05, 0.1) is 11.9 Å². The maximum Gasteiger partial charge on any atom is 0.223 e. The number of aliphatic hydroxyl groups excluding tert-OH is 1. The van der Waals surface area contributed by atoms with E-state index < -0.39 is 9.84 Å². The van der Waals surface area contributed by atoms with Gasteiger partial charge in [-0.3, -0.25) is 4.79 Å². The van der Waals surface area contributed by atoms with Gasteiger partial charge in [-0.15, -0.1) is 0 Å². The van der Waals surface area contributed by atoms with E-state index >= 15 is 0 Å². The standard InChI is InChI=1S/C11H21NO4S/c1-9(13)10-3-6-12(7-4-10)11(14)5-8-17(2,15)16/h9-10,13H,3-8H2,1-2H3. The molecule has 1 fully saturated rings. The number of nitrogens with zero attached hydrogens (tertiary/aromatic N) is 1. The van der Waals surface area contributed by atoms with Crippen LogP contribution in [0, 0.1) is 5.92 Å². The Labute approximate surface area is 103 Å². The van der Waals surface area contributed by atoms with Gasteiger partial charge in [-0.05, 0) is 25.7 Å². The number of carbonyl (C=O) groups is 1. The number of hydrogen-bond donors (Lipinski definition) is 1. The molecule has 1 saturated heterocycles. The maximum absolute atomic E-state index is 11.7. The Morgan fingerprint density at radius 2 is 1.94 bits per heavy atom. The molecule has 0 saturated carbocycles. The first kappa shape index (κ1) is 14.4. The zero-order valence-corrected chi connectivity index (χ0v) is 11.2. The fourth-order valence-corrected chi connectivity index (χ4v) is 2.61. The van der Waals surface area contributed by atoms with Crippen molar-refractivity contribution in [2.75, 3.05) is 25.1 Å². The number of hydrogen-bond acceptors (Lipinski definition) is 4. The Morgan fingerprint density at radius 1 is 1.41 bits per heavy atom. The van der Waals surface area contributed by atoms with Crippen LogP contribution in [0.3, 0.4) is 0 Å². The smallest absolute Gasteiger partial charge is 0.223 e. The Bertz CT molecular complexity index is 356. The molecule has 1 rings (SSSR count). The van der Waals surface area contributed by atoms with Gasteiger partial charge in [-0.1, -0.05) is 0 Å². The van der Waals surface area contributed by atoms with Crippen molar-refractivity contribution in [3.63, 3.8) is 0 Å². The molecule has 1 aliphatic heterocycles. The number of rotatable bonds is 4. The normalized spacial score (nSPS) is 20.3. The van der Waals surface area contributed by atoms with E-state index in [1.165, 1.54) is 0 Å². The van der Waals surface area contributed by atoms with E-state index in [9.17, 15) is 18.3 Å². The van der Waals surface area contributed by atoms with Crippen LogP contribution in [0.5, 0.6) is 0 Å². The highest BCUT2D eigenvalue weighted by molar-refractivity contribution is 7.90. The van der Waals surface area contributed by atoms with Gasteiger partial charge in [0.2, 0.25) is 5.91 Å². The van der Waals surface area contributed by atoms with Gasteiger partial charge in [0.15, 0.2) is 0 Å². The van der Waals surface area contributed by atoms with Crippen LogP contribution in [0.2, 0.25) is 0 Å². The largest absolute Gasteiger partial charge is 0.393 e. The lowest BCUT2D eigenvalue weighted by molar-refractivity contribution is -0.132. The molecule has 1 N–H and O–H groups in total. The monoisotopic (exact) mass is 263 g/mol. The lowest BCUT2D eigenvalue weighted by atomic mass is 9.92. The molecule has 1 aliphatic rings. The summed E-state index contributed by atoms with van der Waals surface area (Å²) >= 11 is 0. The Morgan fingerprint density at radius 3 is 2.35 bits per heavy atom. The summed E-state index contributed by atoms with van der Waals surface area (Å²) in [5.41, 5.74) is 0. The van der Waals surface area contributed by atoms with Crippen molar-refractivity contribution in [1.29, 1.82) is 0 Å². The van der Waals surface area contributed by atoms with Gasteiger partial charge < -0.3 is 10.0 Å². The van der Waals surface area contributed by atoms with Crippen LogP contribution in [0.1, 0.15) is 26.2 Å². The number of sulfone groups is 1. The third kappa shape index (κ3) is 5.04. The van der Waals surface area contributed by atoms with Gasteiger partial charge in [0, 0.05) is 25.8 Å². The molecule has 0 spiro atoms. The van der Waals surface area contributed by atoms with Crippen LogP contribution < -0.4 is 0 Å². The molecule has 1 atom stereocenters. The van der Waals surface area contributed by atoms with Crippen LogP contribution in [-0.4, -0.2) is 55.5 Å². The number of piperidine rings is 1. The number of amides is 1. The van der Waals surface area contributed by atoms with Crippen LogP contribution in [0.25, 0.3) is 0 Å². The average Bonchev–Trinajstić information content (AvgIpc) is 2.25. The molecule has 17 heavy (non-hydrogen) atoms. The number of likely N-dealkylation sites (tertiary alicyclic amines) is 1. The zero-order valence-electron chi connectivity index (χ0n) is 10.4. The van der Waals surface area contributed by atoms with E-state index in [4.69, 9.17) is 0 Å². The van der Waals surface area contributed by atoms with Crippen molar-refractivity contribution in [3.05, 3.63) is 0 Å². The molecule has 0 aromatic heterocycles. The summed E-state index contributed by atoms with van der Waals surface area (Å²) < 4.78 is 21.9. The summed E-state index contributed by atoms with van der Waals surface area (Å²) in [6, 6.07) is 0. The van der Waals surface area contributed by atoms with Crippen molar-refractivity contribution in [2.45, 2.75) is 32.3 Å². The number of aliphatic hydroxyl groups is 1. The van der Waals surface area contributed by atoms with Crippen molar-refractivity contribution in [3.8, 4) is 0 Å². The highest BCUT2D eigenvalue weighted by Crippen LogP contribution is 2.20. The van der Waals surface area contributed by atoms with E-state index in [2.05, 4.69) is 0 Å². The predicted molar refractivity (Wildman–Crippen MR) is 65.3 cm³/mol. The van der Waals surface area contributed by atoms with Crippen molar-refractivity contribution < 1.29 is 18.3 Å². The summed E-state index contributed by atoms with van der Waals surface area (Å²) in [6.07, 6.45) is 2.46. The minimum atomic E-state index is -3.07. The third-order valence-electron chi connectivity index (χ3n) is 3.26. The lowest BCUT2D eigenvalue weighted by Gasteiger charge is -2.33. The quantitative estimate of drug-likeness (QED) is 0.777. The molecule has 100 valence electrons. The summed E-state index contributed by atoms with van der Waals surface area (Å²) in [4.78, 5) is 13.4. The Balaban J connectivity index is 2.36. The minimum Gasteiger partial charge on any atom is -0.393 e.